The van der Waals surface area contributed by atoms with E-state index in [9.17, 15) is 4.79 Å². The maximum absolute atomic E-state index is 11.6. The summed E-state index contributed by atoms with van der Waals surface area (Å²) in [6, 6.07) is 0.648. The van der Waals surface area contributed by atoms with Gasteiger partial charge in [-0.25, -0.2) is 0 Å². The summed E-state index contributed by atoms with van der Waals surface area (Å²) in [5, 5.41) is 6.19. The van der Waals surface area contributed by atoms with E-state index in [1.807, 2.05) is 6.92 Å². The first-order valence-electron chi connectivity index (χ1n) is 5.78. The second-order valence-electron chi connectivity index (χ2n) is 4.96. The van der Waals surface area contributed by atoms with Crippen LogP contribution in [0, 0.1) is 5.92 Å². The summed E-state index contributed by atoms with van der Waals surface area (Å²) in [5.41, 5.74) is 5.68. The number of hydrogen-bond donors (Lipinski definition) is 3. The molecule has 0 aromatic heterocycles. The van der Waals surface area contributed by atoms with Crippen molar-refractivity contribution in [3.8, 4) is 0 Å². The summed E-state index contributed by atoms with van der Waals surface area (Å²) < 4.78 is 0. The molecule has 4 N–H and O–H groups in total. The predicted octanol–water partition coefficient (Wildman–Crippen LogP) is 0.226. The fourth-order valence-electron chi connectivity index (χ4n) is 1.68. The largest absolute Gasteiger partial charge is 0.354 e. The molecule has 1 aliphatic rings. The van der Waals surface area contributed by atoms with Crippen molar-refractivity contribution < 1.29 is 4.79 Å². The van der Waals surface area contributed by atoms with Crippen molar-refractivity contribution in [3.05, 3.63) is 0 Å². The average Bonchev–Trinajstić information content (AvgIpc) is 2.11. The van der Waals surface area contributed by atoms with Crippen LogP contribution in [0.3, 0.4) is 0 Å². The Hall–Kier alpha value is -0.610. The molecule has 4 heteroatoms. The molecule has 1 fully saturated rings. The number of carbonyl (C=O) groups is 1. The Morgan fingerprint density at radius 3 is 2.47 bits per heavy atom. The average molecular weight is 213 g/mol. The SMILES string of the molecule is CC(C)CNC(=O)C(C)NC1CC(N)C1. The highest BCUT2D eigenvalue weighted by Gasteiger charge is 2.28. The van der Waals surface area contributed by atoms with Crippen LogP contribution in [0.25, 0.3) is 0 Å². The molecule has 1 aliphatic carbocycles. The predicted molar refractivity (Wildman–Crippen MR) is 61.4 cm³/mol. The second kappa shape index (κ2) is 5.47. The van der Waals surface area contributed by atoms with Crippen molar-refractivity contribution in [2.45, 2.75) is 51.7 Å². The van der Waals surface area contributed by atoms with Crippen LogP contribution >= 0.6 is 0 Å². The molecule has 0 heterocycles. The third-order valence-electron chi connectivity index (χ3n) is 2.74. The number of carbonyl (C=O) groups excluding carboxylic acids is 1. The third-order valence-corrected chi connectivity index (χ3v) is 2.74. The molecule has 0 radical (unpaired) electrons. The summed E-state index contributed by atoms with van der Waals surface area (Å²) in [6.07, 6.45) is 1.98. The van der Waals surface area contributed by atoms with Gasteiger partial charge in [0.2, 0.25) is 5.91 Å². The van der Waals surface area contributed by atoms with Crippen molar-refractivity contribution >= 4 is 5.91 Å². The minimum atomic E-state index is -0.110. The monoisotopic (exact) mass is 213 g/mol. The molecule has 1 rings (SSSR count). The lowest BCUT2D eigenvalue weighted by molar-refractivity contribution is -0.123. The Bertz CT molecular complexity index is 212. The van der Waals surface area contributed by atoms with Gasteiger partial charge in [-0.05, 0) is 25.7 Å². The second-order valence-corrected chi connectivity index (χ2v) is 4.96. The molecule has 0 spiro atoms. The van der Waals surface area contributed by atoms with Gasteiger partial charge in [0.15, 0.2) is 0 Å². The molecule has 15 heavy (non-hydrogen) atoms. The van der Waals surface area contributed by atoms with E-state index in [2.05, 4.69) is 24.5 Å². The van der Waals surface area contributed by atoms with E-state index in [0.29, 0.717) is 18.0 Å². The molecule has 0 aromatic carbocycles. The maximum Gasteiger partial charge on any atom is 0.236 e. The number of rotatable bonds is 5. The van der Waals surface area contributed by atoms with Crippen LogP contribution in [0.4, 0.5) is 0 Å². The first-order valence-corrected chi connectivity index (χ1v) is 5.78. The number of nitrogens with two attached hydrogens (primary N) is 1. The van der Waals surface area contributed by atoms with Gasteiger partial charge in [0.1, 0.15) is 0 Å². The Labute approximate surface area is 92.0 Å². The van der Waals surface area contributed by atoms with E-state index in [-0.39, 0.29) is 11.9 Å². The van der Waals surface area contributed by atoms with Gasteiger partial charge in [-0.2, -0.15) is 0 Å². The van der Waals surface area contributed by atoms with Crippen LogP contribution in [-0.2, 0) is 4.79 Å². The highest BCUT2D eigenvalue weighted by Crippen LogP contribution is 2.17. The van der Waals surface area contributed by atoms with Gasteiger partial charge in [-0.3, -0.25) is 4.79 Å². The molecule has 4 nitrogen and oxygen atoms in total. The molecule has 88 valence electrons. The molecule has 1 atom stereocenters. The third kappa shape index (κ3) is 4.18. The molecule has 0 bridgehead atoms. The molecule has 0 saturated heterocycles. The van der Waals surface area contributed by atoms with Gasteiger partial charge in [0, 0.05) is 18.6 Å². The number of amides is 1. The summed E-state index contributed by atoms with van der Waals surface area (Å²) in [5.74, 6) is 0.586. The minimum absolute atomic E-state index is 0.0872. The normalized spacial score (nSPS) is 27.3. The Balaban J connectivity index is 2.15. The molecule has 1 unspecified atom stereocenters. The first-order chi connectivity index (χ1) is 6.99. The van der Waals surface area contributed by atoms with E-state index in [4.69, 9.17) is 5.73 Å². The minimum Gasteiger partial charge on any atom is -0.354 e. The molecule has 1 saturated carbocycles. The van der Waals surface area contributed by atoms with Gasteiger partial charge < -0.3 is 16.4 Å². The molecular weight excluding hydrogens is 190 g/mol. The van der Waals surface area contributed by atoms with Gasteiger partial charge in [-0.15, -0.1) is 0 Å². The molecule has 0 aliphatic heterocycles. The van der Waals surface area contributed by atoms with Gasteiger partial charge >= 0.3 is 0 Å². The smallest absolute Gasteiger partial charge is 0.236 e. The lowest BCUT2D eigenvalue weighted by Gasteiger charge is -2.35. The van der Waals surface area contributed by atoms with Crippen LogP contribution in [0.15, 0.2) is 0 Å². The summed E-state index contributed by atoms with van der Waals surface area (Å²) in [6.45, 7) is 6.82. The lowest BCUT2D eigenvalue weighted by atomic mass is 9.87. The first kappa shape index (κ1) is 12.5. The van der Waals surface area contributed by atoms with E-state index in [1.54, 1.807) is 0 Å². The van der Waals surface area contributed by atoms with E-state index >= 15 is 0 Å². The van der Waals surface area contributed by atoms with Crippen molar-refractivity contribution in [1.82, 2.24) is 10.6 Å². The number of nitrogens with one attached hydrogen (secondary N) is 2. The molecule has 0 aromatic rings. The van der Waals surface area contributed by atoms with Crippen LogP contribution in [-0.4, -0.2) is 30.6 Å². The highest BCUT2D eigenvalue weighted by atomic mass is 16.2. The fraction of sp³-hybridized carbons (Fsp3) is 0.909. The topological polar surface area (TPSA) is 67.2 Å². The van der Waals surface area contributed by atoms with Crippen LogP contribution in [0.2, 0.25) is 0 Å². The van der Waals surface area contributed by atoms with E-state index in [1.165, 1.54) is 0 Å². The standard InChI is InChI=1S/C11H23N3O/c1-7(2)6-13-11(15)8(3)14-10-4-9(12)5-10/h7-10,14H,4-6,12H2,1-3H3,(H,13,15). The van der Waals surface area contributed by atoms with Crippen LogP contribution < -0.4 is 16.4 Å². The van der Waals surface area contributed by atoms with Crippen molar-refractivity contribution in [2.75, 3.05) is 6.54 Å². The quantitative estimate of drug-likeness (QED) is 0.612. The highest BCUT2D eigenvalue weighted by molar-refractivity contribution is 5.81. The zero-order chi connectivity index (χ0) is 11.4. The Kier molecular flexibility index (Phi) is 4.54. The molecular formula is C11H23N3O. The lowest BCUT2D eigenvalue weighted by Crippen LogP contribution is -2.54. The number of hydrogen-bond acceptors (Lipinski definition) is 3. The van der Waals surface area contributed by atoms with Crippen LogP contribution in [0.1, 0.15) is 33.6 Å². The Morgan fingerprint density at radius 1 is 1.40 bits per heavy atom. The van der Waals surface area contributed by atoms with Crippen LogP contribution in [0.5, 0.6) is 0 Å². The van der Waals surface area contributed by atoms with Crippen molar-refractivity contribution in [1.29, 1.82) is 0 Å². The molecule has 1 amide bonds. The van der Waals surface area contributed by atoms with Gasteiger partial charge in [0.25, 0.3) is 0 Å². The van der Waals surface area contributed by atoms with Crippen molar-refractivity contribution in [3.63, 3.8) is 0 Å². The summed E-state index contributed by atoms with van der Waals surface area (Å²) >= 11 is 0. The summed E-state index contributed by atoms with van der Waals surface area (Å²) in [7, 11) is 0. The van der Waals surface area contributed by atoms with E-state index < -0.39 is 0 Å². The van der Waals surface area contributed by atoms with Gasteiger partial charge in [-0.1, -0.05) is 13.8 Å². The maximum atomic E-state index is 11.6. The van der Waals surface area contributed by atoms with E-state index in [0.717, 1.165) is 19.4 Å². The van der Waals surface area contributed by atoms with Crippen molar-refractivity contribution in [2.24, 2.45) is 11.7 Å². The Morgan fingerprint density at radius 2 is 2.00 bits per heavy atom. The zero-order valence-electron chi connectivity index (χ0n) is 9.92. The summed E-state index contributed by atoms with van der Waals surface area (Å²) in [4.78, 5) is 11.6. The zero-order valence-corrected chi connectivity index (χ0v) is 9.92. The van der Waals surface area contributed by atoms with Gasteiger partial charge in [0.05, 0.1) is 6.04 Å². The fourth-order valence-corrected chi connectivity index (χ4v) is 1.68.